The smallest absolute Gasteiger partial charge is 0.317 e. The van der Waals surface area contributed by atoms with Gasteiger partial charge in [0.05, 0.1) is 23.2 Å². The highest BCUT2D eigenvalue weighted by molar-refractivity contribution is 7.13. The molecule has 2 amide bonds. The Morgan fingerprint density at radius 1 is 1.64 bits per heavy atom. The summed E-state index contributed by atoms with van der Waals surface area (Å²) in [7, 11) is 1.68. The maximum Gasteiger partial charge on any atom is 0.317 e. The molecule has 2 heterocycles. The van der Waals surface area contributed by atoms with Gasteiger partial charge in [0.2, 0.25) is 5.89 Å². The number of carbonyl (C=O) groups excluding carboxylic acids is 1. The number of aliphatic hydroxyl groups excluding tert-OH is 1. The van der Waals surface area contributed by atoms with Crippen LogP contribution in [0, 0.1) is 5.92 Å². The number of amides is 2. The Labute approximate surface area is 132 Å². The minimum absolute atomic E-state index is 0.222. The molecule has 2 N–H and O–H groups in total. The Morgan fingerprint density at radius 3 is 3.14 bits per heavy atom. The summed E-state index contributed by atoms with van der Waals surface area (Å²) in [5.41, 5.74) is 0.674. The maximum absolute atomic E-state index is 12.0. The molecule has 0 aromatic carbocycles. The molecule has 6 nitrogen and oxygen atoms in total. The van der Waals surface area contributed by atoms with Crippen LogP contribution in [-0.2, 0) is 6.54 Å². The van der Waals surface area contributed by atoms with Crippen LogP contribution in [0.4, 0.5) is 4.79 Å². The molecule has 118 valence electrons. The lowest BCUT2D eigenvalue weighted by molar-refractivity contribution is 0.113. The van der Waals surface area contributed by atoms with Crippen molar-refractivity contribution in [3.63, 3.8) is 0 Å². The summed E-state index contributed by atoms with van der Waals surface area (Å²) in [6.45, 7) is 0.660. The van der Waals surface area contributed by atoms with E-state index in [9.17, 15) is 9.90 Å². The predicted molar refractivity (Wildman–Crippen MR) is 83.4 cm³/mol. The van der Waals surface area contributed by atoms with Crippen LogP contribution >= 0.6 is 11.3 Å². The predicted octanol–water partition coefficient (Wildman–Crippen LogP) is 2.32. The summed E-state index contributed by atoms with van der Waals surface area (Å²) in [5, 5.41) is 14.6. The van der Waals surface area contributed by atoms with Gasteiger partial charge in [-0.3, -0.25) is 0 Å². The van der Waals surface area contributed by atoms with Crippen molar-refractivity contribution >= 4 is 17.4 Å². The molecule has 1 aliphatic rings. The van der Waals surface area contributed by atoms with Gasteiger partial charge in [-0.1, -0.05) is 6.07 Å². The van der Waals surface area contributed by atoms with Crippen molar-refractivity contribution in [3.8, 4) is 10.8 Å². The van der Waals surface area contributed by atoms with E-state index in [0.717, 1.165) is 17.7 Å². The number of aliphatic hydroxyl groups is 1. The van der Waals surface area contributed by atoms with E-state index in [2.05, 4.69) is 10.3 Å². The monoisotopic (exact) mass is 321 g/mol. The number of hydrogen-bond donors (Lipinski definition) is 2. The number of carbonyl (C=O) groups is 1. The van der Waals surface area contributed by atoms with Crippen LogP contribution < -0.4 is 5.32 Å². The van der Waals surface area contributed by atoms with Gasteiger partial charge in [-0.15, -0.1) is 11.3 Å². The van der Waals surface area contributed by atoms with E-state index in [0.29, 0.717) is 30.6 Å². The zero-order valence-electron chi connectivity index (χ0n) is 12.4. The van der Waals surface area contributed by atoms with E-state index < -0.39 is 6.10 Å². The van der Waals surface area contributed by atoms with Crippen molar-refractivity contribution in [3.05, 3.63) is 29.5 Å². The van der Waals surface area contributed by atoms with Gasteiger partial charge in [0.1, 0.15) is 6.26 Å². The quantitative estimate of drug-likeness (QED) is 0.856. The molecule has 0 saturated heterocycles. The molecule has 1 saturated carbocycles. The lowest BCUT2D eigenvalue weighted by Crippen LogP contribution is -2.41. The van der Waals surface area contributed by atoms with Crippen LogP contribution in [-0.4, -0.2) is 40.7 Å². The topological polar surface area (TPSA) is 78.6 Å². The van der Waals surface area contributed by atoms with Crippen molar-refractivity contribution in [1.29, 1.82) is 0 Å². The fourth-order valence-electron chi connectivity index (χ4n) is 2.20. The number of thiophene rings is 1. The third-order valence-electron chi connectivity index (χ3n) is 3.68. The number of aromatic nitrogens is 1. The van der Waals surface area contributed by atoms with Crippen LogP contribution in [0.25, 0.3) is 10.8 Å². The minimum atomic E-state index is -0.423. The van der Waals surface area contributed by atoms with Gasteiger partial charge in [-0.2, -0.15) is 0 Å². The number of hydrogen-bond acceptors (Lipinski definition) is 5. The summed E-state index contributed by atoms with van der Waals surface area (Å²) >= 11 is 1.55. The summed E-state index contributed by atoms with van der Waals surface area (Å²) in [5.74, 6) is 0.927. The molecule has 7 heteroatoms. The maximum atomic E-state index is 12.0. The highest BCUT2D eigenvalue weighted by Gasteiger charge is 2.31. The second-order valence-electron chi connectivity index (χ2n) is 5.57. The SMILES string of the molecule is CN(CC(O)C1CC1)C(=O)NCc1coc(-c2cccs2)n1. The third kappa shape index (κ3) is 3.66. The van der Waals surface area contributed by atoms with Gasteiger partial charge in [-0.05, 0) is 30.2 Å². The normalized spacial score (nSPS) is 15.5. The average Bonchev–Trinajstić information content (AvgIpc) is 3.02. The Balaban J connectivity index is 1.48. The molecule has 1 aliphatic carbocycles. The fourth-order valence-corrected chi connectivity index (χ4v) is 2.85. The van der Waals surface area contributed by atoms with Crippen LogP contribution in [0.1, 0.15) is 18.5 Å². The van der Waals surface area contributed by atoms with Crippen LogP contribution in [0.5, 0.6) is 0 Å². The Bertz CT molecular complexity index is 622. The number of urea groups is 1. The molecule has 22 heavy (non-hydrogen) atoms. The number of rotatable bonds is 6. The first-order chi connectivity index (χ1) is 10.6. The highest BCUT2D eigenvalue weighted by Crippen LogP contribution is 2.32. The van der Waals surface area contributed by atoms with Crippen molar-refractivity contribution < 1.29 is 14.3 Å². The van der Waals surface area contributed by atoms with Crippen molar-refractivity contribution in [1.82, 2.24) is 15.2 Å². The van der Waals surface area contributed by atoms with E-state index in [-0.39, 0.29) is 6.03 Å². The molecule has 3 rings (SSSR count). The third-order valence-corrected chi connectivity index (χ3v) is 4.54. The van der Waals surface area contributed by atoms with Crippen LogP contribution in [0.15, 0.2) is 28.2 Å². The summed E-state index contributed by atoms with van der Waals surface area (Å²) in [4.78, 5) is 18.8. The first-order valence-electron chi connectivity index (χ1n) is 7.29. The van der Waals surface area contributed by atoms with Crippen LogP contribution in [0.2, 0.25) is 0 Å². The molecule has 0 bridgehead atoms. The number of nitrogens with zero attached hydrogens (tertiary/aromatic N) is 2. The van der Waals surface area contributed by atoms with Gasteiger partial charge < -0.3 is 19.7 Å². The van der Waals surface area contributed by atoms with E-state index in [1.807, 2.05) is 17.5 Å². The van der Waals surface area contributed by atoms with Gasteiger partial charge in [0.15, 0.2) is 0 Å². The summed E-state index contributed by atoms with van der Waals surface area (Å²) < 4.78 is 5.40. The second-order valence-corrected chi connectivity index (χ2v) is 6.51. The van der Waals surface area contributed by atoms with Crippen LogP contribution in [0.3, 0.4) is 0 Å². The number of likely N-dealkylation sites (N-methyl/N-ethyl adjacent to an activating group) is 1. The fraction of sp³-hybridized carbons (Fsp3) is 0.467. The Hall–Kier alpha value is -1.86. The first kappa shape index (κ1) is 15.1. The van der Waals surface area contributed by atoms with Crippen molar-refractivity contribution in [2.45, 2.75) is 25.5 Å². The Morgan fingerprint density at radius 2 is 2.45 bits per heavy atom. The molecule has 0 aliphatic heterocycles. The standard InChI is InChI=1S/C15H19N3O3S/c1-18(8-12(19)10-4-5-10)15(20)16-7-11-9-21-14(17-11)13-3-2-6-22-13/h2-3,6,9-10,12,19H,4-5,7-8H2,1H3,(H,16,20). The Kier molecular flexibility index (Phi) is 4.44. The zero-order valence-corrected chi connectivity index (χ0v) is 13.2. The molecule has 2 aromatic heterocycles. The molecular weight excluding hydrogens is 302 g/mol. The lowest BCUT2D eigenvalue weighted by atomic mass is 10.2. The number of nitrogens with one attached hydrogen (secondary N) is 1. The summed E-state index contributed by atoms with van der Waals surface area (Å²) in [6.07, 6.45) is 3.24. The van der Waals surface area contributed by atoms with E-state index in [4.69, 9.17) is 4.42 Å². The molecule has 2 aromatic rings. The molecule has 0 radical (unpaired) electrons. The van der Waals surface area contributed by atoms with Gasteiger partial charge in [0.25, 0.3) is 0 Å². The molecule has 1 atom stereocenters. The second kappa shape index (κ2) is 6.50. The molecule has 1 unspecified atom stereocenters. The minimum Gasteiger partial charge on any atom is -0.443 e. The molecule has 0 spiro atoms. The zero-order chi connectivity index (χ0) is 15.5. The molecule has 1 fully saturated rings. The van der Waals surface area contributed by atoms with Gasteiger partial charge >= 0.3 is 6.03 Å². The van der Waals surface area contributed by atoms with Gasteiger partial charge in [-0.25, -0.2) is 9.78 Å². The first-order valence-corrected chi connectivity index (χ1v) is 8.17. The lowest BCUT2D eigenvalue weighted by Gasteiger charge is -2.20. The highest BCUT2D eigenvalue weighted by atomic mass is 32.1. The van der Waals surface area contributed by atoms with E-state index >= 15 is 0 Å². The largest absolute Gasteiger partial charge is 0.443 e. The molecular formula is C15H19N3O3S. The average molecular weight is 321 g/mol. The van der Waals surface area contributed by atoms with E-state index in [1.54, 1.807) is 24.6 Å². The van der Waals surface area contributed by atoms with Crippen molar-refractivity contribution in [2.75, 3.05) is 13.6 Å². The van der Waals surface area contributed by atoms with Crippen molar-refractivity contribution in [2.24, 2.45) is 5.92 Å². The summed E-state index contributed by atoms with van der Waals surface area (Å²) in [6, 6.07) is 3.65. The number of oxazole rings is 1. The van der Waals surface area contributed by atoms with E-state index in [1.165, 1.54) is 4.90 Å². The van der Waals surface area contributed by atoms with Gasteiger partial charge in [0, 0.05) is 13.6 Å².